The van der Waals surface area contributed by atoms with Crippen molar-refractivity contribution in [1.82, 2.24) is 0 Å². The van der Waals surface area contributed by atoms with Gasteiger partial charge in [0.1, 0.15) is 10.7 Å². The SMILES string of the molecule is Cc1cc(F)c(S(C)(=O)=O)cc1C1CC1. The van der Waals surface area contributed by atoms with Crippen molar-refractivity contribution in [3.05, 3.63) is 29.1 Å². The van der Waals surface area contributed by atoms with Gasteiger partial charge in [-0.3, -0.25) is 0 Å². The molecule has 0 unspecified atom stereocenters. The third-order valence-corrected chi connectivity index (χ3v) is 3.85. The van der Waals surface area contributed by atoms with Crippen molar-refractivity contribution in [3.63, 3.8) is 0 Å². The molecular weight excluding hydrogens is 215 g/mol. The maximum Gasteiger partial charge on any atom is 0.178 e. The predicted octanol–water partition coefficient (Wildman–Crippen LogP) is 2.42. The molecule has 4 heteroatoms. The molecule has 0 aromatic heterocycles. The number of sulfone groups is 1. The maximum atomic E-state index is 13.4. The zero-order valence-corrected chi connectivity index (χ0v) is 9.57. The van der Waals surface area contributed by atoms with Crippen molar-refractivity contribution < 1.29 is 12.8 Å². The van der Waals surface area contributed by atoms with Crippen molar-refractivity contribution >= 4 is 9.84 Å². The van der Waals surface area contributed by atoms with Crippen LogP contribution >= 0.6 is 0 Å². The van der Waals surface area contributed by atoms with Crippen LogP contribution in [0.15, 0.2) is 17.0 Å². The molecule has 2 nitrogen and oxygen atoms in total. The van der Waals surface area contributed by atoms with E-state index in [-0.39, 0.29) is 4.90 Å². The van der Waals surface area contributed by atoms with Crippen molar-refractivity contribution in [1.29, 1.82) is 0 Å². The largest absolute Gasteiger partial charge is 0.224 e. The van der Waals surface area contributed by atoms with Gasteiger partial charge in [-0.1, -0.05) is 0 Å². The molecule has 0 bridgehead atoms. The van der Waals surface area contributed by atoms with Crippen molar-refractivity contribution in [2.45, 2.75) is 30.6 Å². The standard InChI is InChI=1S/C11H13FO2S/c1-7-5-10(12)11(15(2,13)14)6-9(7)8-3-4-8/h5-6,8H,3-4H2,1-2H3. The van der Waals surface area contributed by atoms with Crippen LogP contribution < -0.4 is 0 Å². The molecule has 0 atom stereocenters. The molecule has 0 saturated heterocycles. The fourth-order valence-electron chi connectivity index (χ4n) is 1.79. The number of aryl methyl sites for hydroxylation is 1. The Morgan fingerprint density at radius 3 is 2.40 bits per heavy atom. The second kappa shape index (κ2) is 3.30. The Labute approximate surface area is 89.0 Å². The van der Waals surface area contributed by atoms with E-state index in [1.54, 1.807) is 0 Å². The molecule has 1 fully saturated rings. The highest BCUT2D eigenvalue weighted by molar-refractivity contribution is 7.90. The van der Waals surface area contributed by atoms with Crippen LogP contribution in [0, 0.1) is 12.7 Å². The first-order chi connectivity index (χ1) is 6.89. The molecule has 1 aromatic carbocycles. The van der Waals surface area contributed by atoms with Crippen molar-refractivity contribution in [2.75, 3.05) is 6.26 Å². The summed E-state index contributed by atoms with van der Waals surface area (Å²) in [6.07, 6.45) is 3.20. The Bertz CT molecular complexity index is 502. The summed E-state index contributed by atoms with van der Waals surface area (Å²) < 4.78 is 36.1. The van der Waals surface area contributed by atoms with Gasteiger partial charge in [0.15, 0.2) is 9.84 Å². The average Bonchev–Trinajstić information content (AvgIpc) is 2.84. The molecule has 0 heterocycles. The van der Waals surface area contributed by atoms with E-state index in [0.717, 1.165) is 30.2 Å². The highest BCUT2D eigenvalue weighted by Crippen LogP contribution is 2.42. The van der Waals surface area contributed by atoms with E-state index >= 15 is 0 Å². The number of hydrogen-bond acceptors (Lipinski definition) is 2. The number of hydrogen-bond donors (Lipinski definition) is 0. The van der Waals surface area contributed by atoms with Gasteiger partial charge >= 0.3 is 0 Å². The van der Waals surface area contributed by atoms with E-state index in [4.69, 9.17) is 0 Å². The summed E-state index contributed by atoms with van der Waals surface area (Å²) >= 11 is 0. The molecule has 1 aliphatic carbocycles. The lowest BCUT2D eigenvalue weighted by Crippen LogP contribution is -2.03. The smallest absolute Gasteiger partial charge is 0.178 e. The van der Waals surface area contributed by atoms with Gasteiger partial charge in [0.25, 0.3) is 0 Å². The van der Waals surface area contributed by atoms with Gasteiger partial charge in [0.05, 0.1) is 0 Å². The molecule has 1 saturated carbocycles. The number of rotatable bonds is 2. The average molecular weight is 228 g/mol. The minimum absolute atomic E-state index is 0.171. The molecule has 82 valence electrons. The third kappa shape index (κ3) is 2.04. The number of halogens is 1. The van der Waals surface area contributed by atoms with E-state index in [1.807, 2.05) is 6.92 Å². The monoisotopic (exact) mass is 228 g/mol. The van der Waals surface area contributed by atoms with Crippen LogP contribution in [-0.2, 0) is 9.84 Å². The van der Waals surface area contributed by atoms with Gasteiger partial charge in [0, 0.05) is 6.26 Å². The van der Waals surface area contributed by atoms with Crippen LogP contribution in [0.2, 0.25) is 0 Å². The van der Waals surface area contributed by atoms with Crippen LogP contribution in [-0.4, -0.2) is 14.7 Å². The summed E-state index contributed by atoms with van der Waals surface area (Å²) in [6.45, 7) is 1.82. The Balaban J connectivity index is 2.61. The zero-order valence-electron chi connectivity index (χ0n) is 8.75. The molecule has 0 radical (unpaired) electrons. The normalized spacial score (nSPS) is 16.7. The topological polar surface area (TPSA) is 34.1 Å². The Morgan fingerprint density at radius 1 is 1.33 bits per heavy atom. The van der Waals surface area contributed by atoms with Gasteiger partial charge in [0.2, 0.25) is 0 Å². The van der Waals surface area contributed by atoms with Crippen LogP contribution in [0.5, 0.6) is 0 Å². The summed E-state index contributed by atoms with van der Waals surface area (Å²) in [5, 5.41) is 0. The first-order valence-electron chi connectivity index (χ1n) is 4.89. The maximum absolute atomic E-state index is 13.4. The highest BCUT2D eigenvalue weighted by Gasteiger charge is 2.27. The van der Waals surface area contributed by atoms with Gasteiger partial charge in [-0.15, -0.1) is 0 Å². The van der Waals surface area contributed by atoms with Crippen LogP contribution in [0.25, 0.3) is 0 Å². The third-order valence-electron chi connectivity index (χ3n) is 2.74. The summed E-state index contributed by atoms with van der Waals surface area (Å²) in [5.74, 6) is -0.203. The van der Waals surface area contributed by atoms with Gasteiger partial charge in [-0.25, -0.2) is 12.8 Å². The molecule has 0 aliphatic heterocycles. The minimum atomic E-state index is -3.45. The van der Waals surface area contributed by atoms with Gasteiger partial charge < -0.3 is 0 Å². The quantitative estimate of drug-likeness (QED) is 0.779. The molecule has 15 heavy (non-hydrogen) atoms. The molecule has 1 aromatic rings. The zero-order chi connectivity index (χ0) is 11.2. The number of benzene rings is 1. The van der Waals surface area contributed by atoms with Crippen LogP contribution in [0.3, 0.4) is 0 Å². The van der Waals surface area contributed by atoms with E-state index in [0.29, 0.717) is 5.92 Å². The van der Waals surface area contributed by atoms with E-state index in [9.17, 15) is 12.8 Å². The summed E-state index contributed by atoms with van der Waals surface area (Å²) in [5.41, 5.74) is 1.83. The molecule has 0 N–H and O–H groups in total. The minimum Gasteiger partial charge on any atom is -0.224 e. The lowest BCUT2D eigenvalue weighted by atomic mass is 10.0. The molecule has 1 aliphatic rings. The van der Waals surface area contributed by atoms with E-state index in [2.05, 4.69) is 0 Å². The fraction of sp³-hybridized carbons (Fsp3) is 0.455. The Hall–Kier alpha value is -0.900. The predicted molar refractivity (Wildman–Crippen MR) is 56.2 cm³/mol. The van der Waals surface area contributed by atoms with E-state index < -0.39 is 15.7 Å². The first-order valence-corrected chi connectivity index (χ1v) is 6.79. The molecule has 2 rings (SSSR count). The van der Waals surface area contributed by atoms with Crippen LogP contribution in [0.1, 0.15) is 29.9 Å². The summed E-state index contributed by atoms with van der Waals surface area (Å²) in [4.78, 5) is -0.171. The Kier molecular flexibility index (Phi) is 2.34. The van der Waals surface area contributed by atoms with Crippen LogP contribution in [0.4, 0.5) is 4.39 Å². The highest BCUT2D eigenvalue weighted by atomic mass is 32.2. The Morgan fingerprint density at radius 2 is 1.93 bits per heavy atom. The molecule has 0 spiro atoms. The lowest BCUT2D eigenvalue weighted by molar-refractivity contribution is 0.569. The molecular formula is C11H13FO2S. The van der Waals surface area contributed by atoms with Gasteiger partial charge in [-0.2, -0.15) is 0 Å². The first kappa shape index (κ1) is 10.6. The summed E-state index contributed by atoms with van der Waals surface area (Å²) in [6, 6.07) is 2.82. The van der Waals surface area contributed by atoms with Crippen molar-refractivity contribution in [3.8, 4) is 0 Å². The van der Waals surface area contributed by atoms with Gasteiger partial charge in [-0.05, 0) is 48.9 Å². The lowest BCUT2D eigenvalue weighted by Gasteiger charge is -2.08. The second-order valence-corrected chi connectivity index (χ2v) is 6.17. The second-order valence-electron chi connectivity index (χ2n) is 4.19. The summed E-state index contributed by atoms with van der Waals surface area (Å²) in [7, 11) is -3.45. The molecule has 0 amide bonds. The van der Waals surface area contributed by atoms with E-state index in [1.165, 1.54) is 12.1 Å². The fourth-order valence-corrected chi connectivity index (χ4v) is 2.54. The van der Waals surface area contributed by atoms with Crippen molar-refractivity contribution in [2.24, 2.45) is 0 Å².